The lowest BCUT2D eigenvalue weighted by atomic mass is 9.97. The van der Waals surface area contributed by atoms with Crippen molar-refractivity contribution in [3.8, 4) is 5.88 Å². The van der Waals surface area contributed by atoms with Crippen molar-refractivity contribution in [2.45, 2.75) is 26.3 Å². The lowest BCUT2D eigenvalue weighted by Gasteiger charge is -2.31. The summed E-state index contributed by atoms with van der Waals surface area (Å²) in [5.41, 5.74) is 2.19. The van der Waals surface area contributed by atoms with Crippen LogP contribution in [0.25, 0.3) is 0 Å². The van der Waals surface area contributed by atoms with Crippen LogP contribution in [0.4, 0.5) is 0 Å². The summed E-state index contributed by atoms with van der Waals surface area (Å²) in [6, 6.07) is 0. The summed E-state index contributed by atoms with van der Waals surface area (Å²) in [4.78, 5) is 2.41. The Kier molecular flexibility index (Phi) is 5.20. The van der Waals surface area contributed by atoms with Crippen LogP contribution in [0.2, 0.25) is 0 Å². The van der Waals surface area contributed by atoms with Crippen molar-refractivity contribution in [1.82, 2.24) is 14.7 Å². The first-order valence-electron chi connectivity index (χ1n) is 7.25. The second-order valence-corrected chi connectivity index (χ2v) is 5.49. The number of aryl methyl sites for hydroxylation is 2. The Morgan fingerprint density at radius 3 is 2.75 bits per heavy atom. The van der Waals surface area contributed by atoms with Gasteiger partial charge < -0.3 is 9.84 Å². The molecule has 0 aromatic carbocycles. The van der Waals surface area contributed by atoms with Gasteiger partial charge >= 0.3 is 0 Å². The van der Waals surface area contributed by atoms with Gasteiger partial charge in [0.25, 0.3) is 0 Å². The number of rotatable bonds is 6. The highest BCUT2D eigenvalue weighted by Gasteiger charge is 2.22. The van der Waals surface area contributed by atoms with Gasteiger partial charge in [-0.05, 0) is 38.8 Å². The number of hydrogen-bond donors (Lipinski definition) is 1. The molecule has 1 aromatic heterocycles. The smallest absolute Gasteiger partial charge is 0.216 e. The van der Waals surface area contributed by atoms with Crippen molar-refractivity contribution in [2.24, 2.45) is 13.0 Å². The molecule has 20 heavy (non-hydrogen) atoms. The van der Waals surface area contributed by atoms with Gasteiger partial charge in [-0.25, -0.2) is 4.68 Å². The minimum Gasteiger partial charge on any atom is -0.473 e. The van der Waals surface area contributed by atoms with Gasteiger partial charge in [-0.3, -0.25) is 4.90 Å². The van der Waals surface area contributed by atoms with E-state index in [1.54, 1.807) is 10.8 Å². The minimum absolute atomic E-state index is 0.313. The summed E-state index contributed by atoms with van der Waals surface area (Å²) in [7, 11) is 1.91. The molecule has 2 rings (SSSR count). The second-order valence-electron chi connectivity index (χ2n) is 5.49. The number of aliphatic hydroxyl groups excluding tert-OH is 1. The number of hydrogen-bond acceptors (Lipinski definition) is 4. The average Bonchev–Trinajstić information content (AvgIpc) is 2.72. The van der Waals surface area contributed by atoms with Crippen LogP contribution in [-0.2, 0) is 13.6 Å². The zero-order chi connectivity index (χ0) is 14.5. The summed E-state index contributed by atoms with van der Waals surface area (Å²) in [6.07, 6.45) is 3.89. The van der Waals surface area contributed by atoms with E-state index in [9.17, 15) is 5.11 Å². The molecule has 1 fully saturated rings. The van der Waals surface area contributed by atoms with Crippen LogP contribution >= 0.6 is 0 Å². The highest BCUT2D eigenvalue weighted by Crippen LogP contribution is 2.25. The van der Waals surface area contributed by atoms with Gasteiger partial charge in [0.2, 0.25) is 5.88 Å². The van der Waals surface area contributed by atoms with E-state index in [1.807, 2.05) is 14.0 Å². The Morgan fingerprint density at radius 1 is 1.45 bits per heavy atom. The summed E-state index contributed by atoms with van der Waals surface area (Å²) in [5, 5.41) is 13.6. The summed E-state index contributed by atoms with van der Waals surface area (Å²) in [5.74, 6) is 1.31. The number of piperidine rings is 1. The van der Waals surface area contributed by atoms with E-state index < -0.39 is 0 Å². The topological polar surface area (TPSA) is 50.5 Å². The van der Waals surface area contributed by atoms with Crippen LogP contribution in [0.5, 0.6) is 5.88 Å². The third-order valence-corrected chi connectivity index (χ3v) is 3.97. The zero-order valence-corrected chi connectivity index (χ0v) is 12.5. The van der Waals surface area contributed by atoms with Crippen molar-refractivity contribution in [2.75, 3.05) is 26.3 Å². The Bertz CT molecular complexity index is 448. The summed E-state index contributed by atoms with van der Waals surface area (Å²) in [6.45, 7) is 9.44. The second kappa shape index (κ2) is 6.90. The molecule has 0 unspecified atom stereocenters. The zero-order valence-electron chi connectivity index (χ0n) is 12.5. The van der Waals surface area contributed by atoms with Crippen molar-refractivity contribution in [1.29, 1.82) is 0 Å². The van der Waals surface area contributed by atoms with Crippen LogP contribution in [0.1, 0.15) is 24.1 Å². The van der Waals surface area contributed by atoms with E-state index in [0.717, 1.165) is 49.6 Å². The number of aliphatic hydroxyl groups is 1. The first kappa shape index (κ1) is 15.1. The minimum atomic E-state index is 0.313. The standard InChI is InChI=1S/C15H25N3O2/c1-4-9-20-15-14(12(2)16-17(15)3)10-18-7-5-13(11-19)6-8-18/h4,13,19H,1,5-11H2,2-3H3. The highest BCUT2D eigenvalue weighted by molar-refractivity contribution is 5.31. The van der Waals surface area contributed by atoms with Crippen molar-refractivity contribution >= 4 is 0 Å². The molecule has 5 heteroatoms. The van der Waals surface area contributed by atoms with Gasteiger partial charge in [-0.1, -0.05) is 12.7 Å². The van der Waals surface area contributed by atoms with E-state index in [0.29, 0.717) is 19.1 Å². The molecule has 1 aliphatic heterocycles. The van der Waals surface area contributed by atoms with Gasteiger partial charge in [0.05, 0.1) is 11.3 Å². The largest absolute Gasteiger partial charge is 0.473 e. The monoisotopic (exact) mass is 279 g/mol. The summed E-state index contributed by atoms with van der Waals surface area (Å²) < 4.78 is 7.54. The Balaban J connectivity index is 2.03. The first-order valence-corrected chi connectivity index (χ1v) is 7.25. The molecular formula is C15H25N3O2. The van der Waals surface area contributed by atoms with Gasteiger partial charge in [0, 0.05) is 20.2 Å². The fourth-order valence-electron chi connectivity index (χ4n) is 2.73. The normalized spacial score (nSPS) is 17.4. The van der Waals surface area contributed by atoms with Crippen molar-refractivity contribution < 1.29 is 9.84 Å². The van der Waals surface area contributed by atoms with E-state index in [1.165, 1.54) is 0 Å². The van der Waals surface area contributed by atoms with Crippen LogP contribution in [0.15, 0.2) is 12.7 Å². The first-order chi connectivity index (χ1) is 9.65. The third kappa shape index (κ3) is 3.41. The molecule has 0 aliphatic carbocycles. The van der Waals surface area contributed by atoms with Gasteiger partial charge in [-0.15, -0.1) is 0 Å². The molecule has 0 amide bonds. The summed E-state index contributed by atoms with van der Waals surface area (Å²) >= 11 is 0. The molecule has 0 atom stereocenters. The molecule has 0 spiro atoms. The molecule has 0 radical (unpaired) electrons. The molecule has 1 aromatic rings. The SMILES string of the molecule is C=CCOc1c(CN2CCC(CO)CC2)c(C)nn1C. The molecule has 1 saturated heterocycles. The lowest BCUT2D eigenvalue weighted by molar-refractivity contribution is 0.126. The number of aromatic nitrogens is 2. The fourth-order valence-corrected chi connectivity index (χ4v) is 2.73. The van der Waals surface area contributed by atoms with Crippen LogP contribution in [0, 0.1) is 12.8 Å². The Hall–Kier alpha value is -1.33. The van der Waals surface area contributed by atoms with Crippen molar-refractivity contribution in [3.05, 3.63) is 23.9 Å². The van der Waals surface area contributed by atoms with Gasteiger partial charge in [-0.2, -0.15) is 5.10 Å². The molecular weight excluding hydrogens is 254 g/mol. The highest BCUT2D eigenvalue weighted by atomic mass is 16.5. The number of nitrogens with zero attached hydrogens (tertiary/aromatic N) is 3. The van der Waals surface area contributed by atoms with Gasteiger partial charge in [0.15, 0.2) is 0 Å². The van der Waals surface area contributed by atoms with E-state index in [4.69, 9.17) is 4.74 Å². The maximum Gasteiger partial charge on any atom is 0.216 e. The van der Waals surface area contributed by atoms with Crippen LogP contribution in [0.3, 0.4) is 0 Å². The van der Waals surface area contributed by atoms with Crippen LogP contribution < -0.4 is 4.74 Å². The average molecular weight is 279 g/mol. The molecule has 112 valence electrons. The van der Waals surface area contributed by atoms with E-state index in [2.05, 4.69) is 16.6 Å². The Labute approximate surface area is 120 Å². The molecule has 2 heterocycles. The fraction of sp³-hybridized carbons (Fsp3) is 0.667. The maximum atomic E-state index is 9.19. The van der Waals surface area contributed by atoms with Crippen LogP contribution in [-0.4, -0.2) is 46.1 Å². The van der Waals surface area contributed by atoms with E-state index in [-0.39, 0.29) is 0 Å². The molecule has 0 saturated carbocycles. The maximum absolute atomic E-state index is 9.19. The molecule has 5 nitrogen and oxygen atoms in total. The number of ether oxygens (including phenoxy) is 1. The van der Waals surface area contributed by atoms with Crippen molar-refractivity contribution in [3.63, 3.8) is 0 Å². The van der Waals surface area contributed by atoms with Gasteiger partial charge in [0.1, 0.15) is 6.61 Å². The predicted octanol–water partition coefficient (Wildman–Crippen LogP) is 1.50. The quantitative estimate of drug-likeness (QED) is 0.802. The van der Waals surface area contributed by atoms with E-state index >= 15 is 0 Å². The Morgan fingerprint density at radius 2 is 2.15 bits per heavy atom. The third-order valence-electron chi connectivity index (χ3n) is 3.97. The number of likely N-dealkylation sites (tertiary alicyclic amines) is 1. The molecule has 1 N–H and O–H groups in total. The lowest BCUT2D eigenvalue weighted by Crippen LogP contribution is -2.34. The molecule has 1 aliphatic rings. The molecule has 0 bridgehead atoms. The predicted molar refractivity (Wildman–Crippen MR) is 78.7 cm³/mol.